The van der Waals surface area contributed by atoms with E-state index in [2.05, 4.69) is 41.2 Å². The molecular weight excluding hydrogens is 428 g/mol. The van der Waals surface area contributed by atoms with Crippen LogP contribution < -0.4 is 16.0 Å². The van der Waals surface area contributed by atoms with E-state index >= 15 is 0 Å². The van der Waals surface area contributed by atoms with Crippen molar-refractivity contribution >= 4 is 28.8 Å². The van der Waals surface area contributed by atoms with Gasteiger partial charge in [0.25, 0.3) is 0 Å². The van der Waals surface area contributed by atoms with Gasteiger partial charge in [-0.25, -0.2) is 9.97 Å². The molecule has 0 spiro atoms. The third-order valence-corrected chi connectivity index (χ3v) is 6.72. The molecule has 1 fully saturated rings. The lowest BCUT2D eigenvalue weighted by Gasteiger charge is -2.37. The zero-order chi connectivity index (χ0) is 24.4. The Labute approximate surface area is 201 Å². The number of carbonyl (C=O) groups is 1. The second-order valence-electron chi connectivity index (χ2n) is 9.84. The SMILES string of the molecule is CC(C)C1=C(O)CCc2cnc(Nc3ccc(N4CCN(C(=O)C(N)C(C)C)CC4)cc3)nc21. The molecule has 2 heterocycles. The van der Waals surface area contributed by atoms with Crippen LogP contribution in [0.15, 0.2) is 36.2 Å². The van der Waals surface area contributed by atoms with Gasteiger partial charge in [-0.1, -0.05) is 27.7 Å². The van der Waals surface area contributed by atoms with Gasteiger partial charge in [-0.05, 0) is 48.1 Å². The van der Waals surface area contributed by atoms with Crippen molar-refractivity contribution in [1.82, 2.24) is 14.9 Å². The average molecular weight is 465 g/mol. The predicted molar refractivity (Wildman–Crippen MR) is 136 cm³/mol. The minimum absolute atomic E-state index is 0.0445. The van der Waals surface area contributed by atoms with Gasteiger partial charge in [0.05, 0.1) is 17.5 Å². The Morgan fingerprint density at radius 1 is 1.06 bits per heavy atom. The third-order valence-electron chi connectivity index (χ3n) is 6.72. The minimum Gasteiger partial charge on any atom is -0.512 e. The molecule has 8 heteroatoms. The molecule has 1 amide bonds. The standard InChI is InChI=1S/C26H36N6O2/c1-16(2)22-21(33)10-5-18-15-28-26(30-24(18)22)29-19-6-8-20(9-7-19)31-11-13-32(14-12-31)25(34)23(27)17(3)4/h6-9,15-17,23,33H,5,10-14,27H2,1-4H3,(H,28,29,30). The van der Waals surface area contributed by atoms with Crippen LogP contribution in [0.1, 0.15) is 45.4 Å². The van der Waals surface area contributed by atoms with Crippen LogP contribution in [0.4, 0.5) is 17.3 Å². The summed E-state index contributed by atoms with van der Waals surface area (Å²) in [4.78, 5) is 25.9. The molecule has 8 nitrogen and oxygen atoms in total. The molecule has 1 atom stereocenters. The molecule has 4 N–H and O–H groups in total. The number of fused-ring (bicyclic) bond motifs is 1. The molecule has 1 aromatic heterocycles. The molecule has 1 saturated heterocycles. The summed E-state index contributed by atoms with van der Waals surface area (Å²) < 4.78 is 0. The fourth-order valence-corrected chi connectivity index (χ4v) is 4.58. The summed E-state index contributed by atoms with van der Waals surface area (Å²) in [6, 6.07) is 7.74. The summed E-state index contributed by atoms with van der Waals surface area (Å²) in [5.74, 6) is 1.33. The molecule has 0 radical (unpaired) electrons. The minimum atomic E-state index is -0.432. The number of hydrogen-bond acceptors (Lipinski definition) is 7. The maximum Gasteiger partial charge on any atom is 0.239 e. The normalized spacial score (nSPS) is 17.3. The number of amides is 1. The monoisotopic (exact) mass is 464 g/mol. The van der Waals surface area contributed by atoms with E-state index in [1.54, 1.807) is 0 Å². The number of carbonyl (C=O) groups excluding carboxylic acids is 1. The summed E-state index contributed by atoms with van der Waals surface area (Å²) in [5.41, 5.74) is 10.9. The van der Waals surface area contributed by atoms with Crippen molar-refractivity contribution in [2.45, 2.75) is 46.6 Å². The first-order chi connectivity index (χ1) is 16.2. The Morgan fingerprint density at radius 3 is 2.35 bits per heavy atom. The number of anilines is 3. The Morgan fingerprint density at radius 2 is 1.74 bits per heavy atom. The lowest BCUT2D eigenvalue weighted by atomic mass is 9.88. The molecule has 1 unspecified atom stereocenters. The summed E-state index contributed by atoms with van der Waals surface area (Å²) in [5, 5.41) is 13.7. The second-order valence-corrected chi connectivity index (χ2v) is 9.84. The number of nitrogens with two attached hydrogens (primary N) is 1. The largest absolute Gasteiger partial charge is 0.512 e. The number of benzene rings is 1. The Balaban J connectivity index is 1.40. The maximum absolute atomic E-state index is 12.5. The molecular formula is C26H36N6O2. The molecule has 0 bridgehead atoms. The topological polar surface area (TPSA) is 108 Å². The van der Waals surface area contributed by atoms with E-state index in [4.69, 9.17) is 10.7 Å². The number of aliphatic hydroxyl groups excluding tert-OH is 1. The van der Waals surface area contributed by atoms with Crippen LogP contribution >= 0.6 is 0 Å². The van der Waals surface area contributed by atoms with Gasteiger partial charge in [0.2, 0.25) is 11.9 Å². The molecule has 1 aromatic carbocycles. The highest BCUT2D eigenvalue weighted by molar-refractivity contribution is 5.82. The molecule has 0 saturated carbocycles. The summed E-state index contributed by atoms with van der Waals surface area (Å²) >= 11 is 0. The zero-order valence-corrected chi connectivity index (χ0v) is 20.6. The van der Waals surface area contributed by atoms with Gasteiger partial charge in [-0.3, -0.25) is 4.79 Å². The van der Waals surface area contributed by atoms with Gasteiger partial charge in [0.15, 0.2) is 0 Å². The summed E-state index contributed by atoms with van der Waals surface area (Å²) in [6.45, 7) is 11.0. The van der Waals surface area contributed by atoms with Crippen LogP contribution in [0, 0.1) is 11.8 Å². The van der Waals surface area contributed by atoms with Gasteiger partial charge >= 0.3 is 0 Å². The second kappa shape index (κ2) is 10.0. The number of nitrogens with one attached hydrogen (secondary N) is 1. The van der Waals surface area contributed by atoms with Crippen molar-refractivity contribution in [3.8, 4) is 0 Å². The van der Waals surface area contributed by atoms with Gasteiger partial charge in [0.1, 0.15) is 0 Å². The highest BCUT2D eigenvalue weighted by Crippen LogP contribution is 2.34. The molecule has 34 heavy (non-hydrogen) atoms. The summed E-state index contributed by atoms with van der Waals surface area (Å²) in [7, 11) is 0. The van der Waals surface area contributed by atoms with Crippen LogP contribution in [0.3, 0.4) is 0 Å². The fraction of sp³-hybridized carbons (Fsp3) is 0.500. The van der Waals surface area contributed by atoms with Gasteiger partial charge in [-0.15, -0.1) is 0 Å². The molecule has 2 aliphatic rings. The molecule has 2 aromatic rings. The van der Waals surface area contributed by atoms with E-state index in [1.165, 1.54) is 0 Å². The first kappa shape index (κ1) is 24.0. The first-order valence-electron chi connectivity index (χ1n) is 12.2. The number of aryl methyl sites for hydroxylation is 1. The van der Waals surface area contributed by atoms with Crippen LogP contribution in [0.5, 0.6) is 0 Å². The smallest absolute Gasteiger partial charge is 0.239 e. The number of piperazine rings is 1. The van der Waals surface area contributed by atoms with Crippen LogP contribution in [-0.2, 0) is 11.2 Å². The van der Waals surface area contributed by atoms with E-state index < -0.39 is 6.04 Å². The number of aromatic nitrogens is 2. The number of rotatable bonds is 6. The van der Waals surface area contributed by atoms with Crippen molar-refractivity contribution in [2.24, 2.45) is 17.6 Å². The van der Waals surface area contributed by atoms with Gasteiger partial charge in [-0.2, -0.15) is 0 Å². The lowest BCUT2D eigenvalue weighted by molar-refractivity contribution is -0.133. The lowest BCUT2D eigenvalue weighted by Crippen LogP contribution is -2.54. The van der Waals surface area contributed by atoms with Gasteiger partial charge in [0, 0.05) is 55.7 Å². The maximum atomic E-state index is 12.5. The Hall–Kier alpha value is -3.13. The van der Waals surface area contributed by atoms with E-state index in [-0.39, 0.29) is 17.7 Å². The zero-order valence-electron chi connectivity index (χ0n) is 20.6. The van der Waals surface area contributed by atoms with Crippen molar-refractivity contribution in [3.05, 3.63) is 47.5 Å². The van der Waals surface area contributed by atoms with E-state index in [1.807, 2.05) is 37.1 Å². The third kappa shape index (κ3) is 5.01. The predicted octanol–water partition coefficient (Wildman–Crippen LogP) is 3.72. The summed E-state index contributed by atoms with van der Waals surface area (Å²) in [6.07, 6.45) is 3.26. The number of hydrogen-bond donors (Lipinski definition) is 3. The van der Waals surface area contributed by atoms with Gasteiger partial charge < -0.3 is 26.0 Å². The first-order valence-corrected chi connectivity index (χ1v) is 12.2. The number of nitrogens with zero attached hydrogens (tertiary/aromatic N) is 4. The molecule has 1 aliphatic heterocycles. The van der Waals surface area contributed by atoms with Crippen molar-refractivity contribution in [3.63, 3.8) is 0 Å². The number of allylic oxidation sites excluding steroid dienone is 2. The van der Waals surface area contributed by atoms with Crippen molar-refractivity contribution in [1.29, 1.82) is 0 Å². The molecule has 182 valence electrons. The average Bonchev–Trinajstić information content (AvgIpc) is 2.83. The Bertz CT molecular complexity index is 1060. The highest BCUT2D eigenvalue weighted by Gasteiger charge is 2.27. The van der Waals surface area contributed by atoms with Crippen LogP contribution in [0.2, 0.25) is 0 Å². The van der Waals surface area contributed by atoms with Crippen molar-refractivity contribution < 1.29 is 9.90 Å². The molecule has 1 aliphatic carbocycles. The van der Waals surface area contributed by atoms with Crippen LogP contribution in [0.25, 0.3) is 5.57 Å². The Kier molecular flexibility index (Phi) is 7.07. The molecule has 4 rings (SSSR count). The number of aliphatic hydroxyl groups is 1. The highest BCUT2D eigenvalue weighted by atomic mass is 16.3. The van der Waals surface area contributed by atoms with E-state index in [9.17, 15) is 9.90 Å². The quantitative estimate of drug-likeness (QED) is 0.598. The van der Waals surface area contributed by atoms with Crippen molar-refractivity contribution in [2.75, 3.05) is 36.4 Å². The van der Waals surface area contributed by atoms with Crippen LogP contribution in [-0.4, -0.2) is 58.1 Å². The van der Waals surface area contributed by atoms with E-state index in [0.29, 0.717) is 31.2 Å². The van der Waals surface area contributed by atoms with E-state index in [0.717, 1.165) is 47.7 Å². The fourth-order valence-electron chi connectivity index (χ4n) is 4.58.